The van der Waals surface area contributed by atoms with Crippen LogP contribution >= 0.6 is 38.9 Å². The molecule has 0 fully saturated rings. The predicted octanol–water partition coefficient (Wildman–Crippen LogP) is 5.48. The molecule has 0 saturated heterocycles. The Morgan fingerprint density at radius 2 is 2.18 bits per heavy atom. The molecule has 90 valence electrons. The van der Waals surface area contributed by atoms with E-state index in [1.54, 1.807) is 12.1 Å². The number of halogens is 3. The van der Waals surface area contributed by atoms with Gasteiger partial charge < -0.3 is 5.32 Å². The summed E-state index contributed by atoms with van der Waals surface area (Å²) in [6, 6.07) is 6.87. The third-order valence-corrected chi connectivity index (χ3v) is 3.99. The Kier molecular flexibility index (Phi) is 4.07. The van der Waals surface area contributed by atoms with Crippen molar-refractivity contribution in [2.75, 3.05) is 5.32 Å². The topological polar surface area (TPSA) is 12.0 Å². The van der Waals surface area contributed by atoms with E-state index in [4.69, 9.17) is 11.6 Å². The van der Waals surface area contributed by atoms with Crippen LogP contribution in [0.5, 0.6) is 0 Å². The summed E-state index contributed by atoms with van der Waals surface area (Å²) in [5.41, 5.74) is 1.55. The van der Waals surface area contributed by atoms with Crippen molar-refractivity contribution in [2.45, 2.75) is 13.0 Å². The molecule has 0 radical (unpaired) electrons. The van der Waals surface area contributed by atoms with E-state index in [1.807, 2.05) is 18.4 Å². The van der Waals surface area contributed by atoms with Gasteiger partial charge in [0.2, 0.25) is 0 Å². The molecular weight excluding hydrogens is 325 g/mol. The molecule has 0 aliphatic heterocycles. The molecule has 1 heterocycles. The first-order chi connectivity index (χ1) is 8.06. The zero-order chi connectivity index (χ0) is 12.4. The molecule has 1 N–H and O–H groups in total. The molecule has 0 spiro atoms. The van der Waals surface area contributed by atoms with E-state index in [0.29, 0.717) is 5.69 Å². The monoisotopic (exact) mass is 333 g/mol. The highest BCUT2D eigenvalue weighted by Crippen LogP contribution is 2.28. The van der Waals surface area contributed by atoms with Gasteiger partial charge in [0.1, 0.15) is 5.82 Å². The minimum absolute atomic E-state index is 0.0226. The summed E-state index contributed by atoms with van der Waals surface area (Å²) in [6.07, 6.45) is 0. The largest absolute Gasteiger partial charge is 0.376 e. The van der Waals surface area contributed by atoms with Crippen LogP contribution in [0.4, 0.5) is 10.1 Å². The molecule has 0 aliphatic carbocycles. The third kappa shape index (κ3) is 3.21. The van der Waals surface area contributed by atoms with Crippen molar-refractivity contribution in [3.8, 4) is 0 Å². The second-order valence-electron chi connectivity index (χ2n) is 3.67. The third-order valence-electron chi connectivity index (χ3n) is 2.39. The van der Waals surface area contributed by atoms with Gasteiger partial charge in [-0.2, -0.15) is 0 Å². The minimum atomic E-state index is -0.271. The fourth-order valence-corrected chi connectivity index (χ4v) is 2.79. The van der Waals surface area contributed by atoms with Gasteiger partial charge in [0.05, 0.1) is 10.0 Å². The maximum Gasteiger partial charge on any atom is 0.147 e. The summed E-state index contributed by atoms with van der Waals surface area (Å²) in [4.78, 5) is 0. The Balaban J connectivity index is 2.15. The van der Waals surface area contributed by atoms with E-state index < -0.39 is 0 Å². The number of rotatable bonds is 3. The highest BCUT2D eigenvalue weighted by molar-refractivity contribution is 9.10. The Hall–Kier alpha value is -0.580. The van der Waals surface area contributed by atoms with Gasteiger partial charge in [0.15, 0.2) is 0 Å². The van der Waals surface area contributed by atoms with Crippen molar-refractivity contribution >= 4 is 44.6 Å². The van der Waals surface area contributed by atoms with E-state index >= 15 is 0 Å². The molecule has 1 aromatic carbocycles. The van der Waals surface area contributed by atoms with Crippen LogP contribution < -0.4 is 5.32 Å². The van der Waals surface area contributed by atoms with E-state index in [0.717, 1.165) is 14.4 Å². The van der Waals surface area contributed by atoms with E-state index in [1.165, 1.54) is 17.4 Å². The van der Waals surface area contributed by atoms with Crippen LogP contribution in [-0.2, 0) is 0 Å². The first-order valence-electron chi connectivity index (χ1n) is 5.02. The van der Waals surface area contributed by atoms with Gasteiger partial charge in [-0.3, -0.25) is 0 Å². The second-order valence-corrected chi connectivity index (χ2v) is 6.13. The SMILES string of the molecule is CC(Nc1ccc(Br)cc1F)c1csc(Cl)c1. The number of hydrogen-bond donors (Lipinski definition) is 1. The molecule has 17 heavy (non-hydrogen) atoms. The van der Waals surface area contributed by atoms with Crippen LogP contribution in [0.1, 0.15) is 18.5 Å². The van der Waals surface area contributed by atoms with Crippen LogP contribution in [-0.4, -0.2) is 0 Å². The lowest BCUT2D eigenvalue weighted by molar-refractivity contribution is 0.626. The summed E-state index contributed by atoms with van der Waals surface area (Å²) < 4.78 is 15.1. The van der Waals surface area contributed by atoms with Crippen molar-refractivity contribution in [2.24, 2.45) is 0 Å². The standard InChI is InChI=1S/C12H10BrClFNS/c1-7(8-4-12(14)17-6-8)16-11-3-2-9(13)5-10(11)15/h2-7,16H,1H3. The first-order valence-corrected chi connectivity index (χ1v) is 7.07. The molecule has 0 aliphatic rings. The second kappa shape index (κ2) is 5.38. The fraction of sp³-hybridized carbons (Fsp3) is 0.167. The van der Waals surface area contributed by atoms with Crippen LogP contribution in [0.2, 0.25) is 4.34 Å². The molecule has 1 unspecified atom stereocenters. The first kappa shape index (κ1) is 12.9. The normalized spacial score (nSPS) is 12.5. The molecular formula is C12H10BrClFNS. The molecule has 2 rings (SSSR count). The van der Waals surface area contributed by atoms with Crippen molar-refractivity contribution in [1.29, 1.82) is 0 Å². The van der Waals surface area contributed by atoms with Gasteiger partial charge in [-0.25, -0.2) is 4.39 Å². The molecule has 1 nitrogen and oxygen atoms in total. The Bertz CT molecular complexity index is 529. The highest BCUT2D eigenvalue weighted by atomic mass is 79.9. The number of benzene rings is 1. The average molecular weight is 335 g/mol. The fourth-order valence-electron chi connectivity index (χ4n) is 1.47. The maximum absolute atomic E-state index is 13.6. The molecule has 0 saturated carbocycles. The Labute approximate surface area is 117 Å². The molecule has 1 aromatic heterocycles. The minimum Gasteiger partial charge on any atom is -0.376 e. The zero-order valence-corrected chi connectivity index (χ0v) is 12.2. The summed E-state index contributed by atoms with van der Waals surface area (Å²) in [6.45, 7) is 1.97. The predicted molar refractivity (Wildman–Crippen MR) is 75.5 cm³/mol. The van der Waals surface area contributed by atoms with Crippen LogP contribution in [0.3, 0.4) is 0 Å². The Morgan fingerprint density at radius 1 is 1.41 bits per heavy atom. The summed E-state index contributed by atoms with van der Waals surface area (Å²) in [5, 5.41) is 5.09. The smallest absolute Gasteiger partial charge is 0.147 e. The van der Waals surface area contributed by atoms with Crippen LogP contribution in [0.15, 0.2) is 34.1 Å². The molecule has 0 amide bonds. The van der Waals surface area contributed by atoms with E-state index in [-0.39, 0.29) is 11.9 Å². The van der Waals surface area contributed by atoms with Crippen LogP contribution in [0, 0.1) is 5.82 Å². The summed E-state index contributed by atoms with van der Waals surface area (Å²) >= 11 is 10.6. The maximum atomic E-state index is 13.6. The molecule has 5 heteroatoms. The molecule has 1 atom stereocenters. The number of anilines is 1. The van der Waals surface area contributed by atoms with Gasteiger partial charge in [-0.1, -0.05) is 27.5 Å². The quantitative estimate of drug-likeness (QED) is 0.784. The Morgan fingerprint density at radius 3 is 2.76 bits per heavy atom. The van der Waals surface area contributed by atoms with Gasteiger partial charge >= 0.3 is 0 Å². The van der Waals surface area contributed by atoms with Crippen molar-refractivity contribution in [1.82, 2.24) is 0 Å². The van der Waals surface area contributed by atoms with E-state index in [9.17, 15) is 4.39 Å². The lowest BCUT2D eigenvalue weighted by Gasteiger charge is -2.14. The van der Waals surface area contributed by atoms with Gasteiger partial charge in [-0.15, -0.1) is 11.3 Å². The lowest BCUT2D eigenvalue weighted by atomic mass is 10.1. The zero-order valence-electron chi connectivity index (χ0n) is 9.01. The molecule has 2 aromatic rings. The van der Waals surface area contributed by atoms with E-state index in [2.05, 4.69) is 21.2 Å². The lowest BCUT2D eigenvalue weighted by Crippen LogP contribution is -2.06. The van der Waals surface area contributed by atoms with Crippen molar-refractivity contribution in [3.63, 3.8) is 0 Å². The summed E-state index contributed by atoms with van der Waals surface area (Å²) in [7, 11) is 0. The number of nitrogens with one attached hydrogen (secondary N) is 1. The number of thiophene rings is 1. The number of hydrogen-bond acceptors (Lipinski definition) is 2. The van der Waals surface area contributed by atoms with Crippen molar-refractivity contribution in [3.05, 3.63) is 49.8 Å². The summed E-state index contributed by atoms with van der Waals surface area (Å²) in [5.74, 6) is -0.271. The highest BCUT2D eigenvalue weighted by Gasteiger charge is 2.10. The van der Waals surface area contributed by atoms with Gasteiger partial charge in [0, 0.05) is 10.5 Å². The van der Waals surface area contributed by atoms with Crippen LogP contribution in [0.25, 0.3) is 0 Å². The van der Waals surface area contributed by atoms with Gasteiger partial charge in [0.25, 0.3) is 0 Å². The molecule has 0 bridgehead atoms. The van der Waals surface area contributed by atoms with Gasteiger partial charge in [-0.05, 0) is 42.1 Å². The van der Waals surface area contributed by atoms with Crippen molar-refractivity contribution < 1.29 is 4.39 Å². The average Bonchev–Trinajstić information content (AvgIpc) is 2.69.